The second kappa shape index (κ2) is 6.29. The van der Waals surface area contributed by atoms with E-state index in [0.717, 1.165) is 5.56 Å². The van der Waals surface area contributed by atoms with Gasteiger partial charge in [-0.2, -0.15) is 5.26 Å². The zero-order valence-electron chi connectivity index (χ0n) is 11.6. The summed E-state index contributed by atoms with van der Waals surface area (Å²) in [5, 5.41) is 12.4. The Hall–Kier alpha value is -2.51. The van der Waals surface area contributed by atoms with Crippen molar-refractivity contribution in [3.8, 4) is 11.8 Å². The van der Waals surface area contributed by atoms with Crippen molar-refractivity contribution in [2.45, 2.75) is 6.92 Å². The minimum absolute atomic E-state index is 0.323. The molecule has 0 heterocycles. The van der Waals surface area contributed by atoms with Crippen LogP contribution >= 0.6 is 11.6 Å². The number of para-hydroxylation sites is 1. The first-order valence-electron chi connectivity index (χ1n) is 6.21. The van der Waals surface area contributed by atoms with Gasteiger partial charge in [-0.05, 0) is 42.8 Å². The summed E-state index contributed by atoms with van der Waals surface area (Å²) >= 11 is 5.95. The van der Waals surface area contributed by atoms with Gasteiger partial charge in [0.05, 0.1) is 12.7 Å². The number of halogens is 1. The average molecular weight is 301 g/mol. The van der Waals surface area contributed by atoms with Crippen molar-refractivity contribution in [1.29, 1.82) is 5.26 Å². The predicted molar refractivity (Wildman–Crippen MR) is 81.9 cm³/mol. The van der Waals surface area contributed by atoms with Gasteiger partial charge in [0.2, 0.25) is 0 Å². The third-order valence-electron chi connectivity index (χ3n) is 3.03. The number of nitrogens with zero attached hydrogens (tertiary/aromatic N) is 1. The van der Waals surface area contributed by atoms with E-state index >= 15 is 0 Å². The molecule has 0 saturated heterocycles. The second-order valence-corrected chi connectivity index (χ2v) is 4.82. The first-order chi connectivity index (χ1) is 10.1. The Morgan fingerprint density at radius 1 is 1.33 bits per heavy atom. The lowest BCUT2D eigenvalue weighted by atomic mass is 10.1. The van der Waals surface area contributed by atoms with E-state index in [2.05, 4.69) is 5.32 Å². The van der Waals surface area contributed by atoms with Crippen LogP contribution in [0.4, 0.5) is 5.69 Å². The van der Waals surface area contributed by atoms with Gasteiger partial charge in [0.1, 0.15) is 17.5 Å². The number of ether oxygens (including phenoxy) is 1. The first-order valence-corrected chi connectivity index (χ1v) is 6.59. The predicted octanol–water partition coefficient (Wildman–Crippen LogP) is 3.78. The van der Waals surface area contributed by atoms with Crippen molar-refractivity contribution in [3.05, 3.63) is 58.1 Å². The number of benzene rings is 2. The maximum atomic E-state index is 12.3. The molecule has 0 atom stereocenters. The minimum atomic E-state index is -0.323. The van der Waals surface area contributed by atoms with Crippen LogP contribution in [-0.2, 0) is 0 Å². The maximum absolute atomic E-state index is 12.3. The Kier molecular flexibility index (Phi) is 4.46. The molecule has 0 spiro atoms. The zero-order chi connectivity index (χ0) is 15.4. The van der Waals surface area contributed by atoms with Crippen molar-refractivity contribution in [3.63, 3.8) is 0 Å². The summed E-state index contributed by atoms with van der Waals surface area (Å²) in [4.78, 5) is 12.3. The van der Waals surface area contributed by atoms with E-state index in [-0.39, 0.29) is 5.91 Å². The molecule has 0 unspecified atom stereocenters. The molecule has 21 heavy (non-hydrogen) atoms. The monoisotopic (exact) mass is 300 g/mol. The number of carbonyl (C=O) groups excluding carboxylic acids is 1. The lowest BCUT2D eigenvalue weighted by Crippen LogP contribution is -2.14. The molecule has 0 aliphatic carbocycles. The fourth-order valence-electron chi connectivity index (χ4n) is 1.89. The lowest BCUT2D eigenvalue weighted by molar-refractivity contribution is 0.102. The van der Waals surface area contributed by atoms with Gasteiger partial charge in [0.25, 0.3) is 5.91 Å². The van der Waals surface area contributed by atoms with Crippen molar-refractivity contribution >= 4 is 23.2 Å². The standard InChI is InChI=1S/C16H13ClN2O2/c1-10-8-11(6-7-13(10)17)16(20)19-15-12(9-18)4-3-5-14(15)21-2/h3-8H,1-2H3,(H,19,20). The highest BCUT2D eigenvalue weighted by molar-refractivity contribution is 6.31. The molecule has 0 aliphatic heterocycles. The van der Waals surface area contributed by atoms with Gasteiger partial charge in [0.15, 0.2) is 0 Å². The summed E-state index contributed by atoms with van der Waals surface area (Å²) in [7, 11) is 1.48. The second-order valence-electron chi connectivity index (χ2n) is 4.41. The normalized spacial score (nSPS) is 9.81. The Bertz CT molecular complexity index is 736. The number of hydrogen-bond acceptors (Lipinski definition) is 3. The summed E-state index contributed by atoms with van der Waals surface area (Å²) in [6, 6.07) is 12.0. The van der Waals surface area contributed by atoms with E-state index in [1.54, 1.807) is 36.4 Å². The molecular weight excluding hydrogens is 288 g/mol. The van der Waals surface area contributed by atoms with Gasteiger partial charge in [0, 0.05) is 10.6 Å². The van der Waals surface area contributed by atoms with Crippen molar-refractivity contribution in [2.75, 3.05) is 12.4 Å². The van der Waals surface area contributed by atoms with Crippen LogP contribution in [0.25, 0.3) is 0 Å². The van der Waals surface area contributed by atoms with Crippen LogP contribution in [0.3, 0.4) is 0 Å². The topological polar surface area (TPSA) is 62.1 Å². The van der Waals surface area contributed by atoms with Crippen LogP contribution in [0, 0.1) is 18.3 Å². The molecule has 1 N–H and O–H groups in total. The quantitative estimate of drug-likeness (QED) is 0.938. The van der Waals surface area contributed by atoms with Gasteiger partial charge in [-0.15, -0.1) is 0 Å². The van der Waals surface area contributed by atoms with E-state index in [1.165, 1.54) is 7.11 Å². The molecule has 0 radical (unpaired) electrons. The smallest absolute Gasteiger partial charge is 0.255 e. The maximum Gasteiger partial charge on any atom is 0.255 e. The fourth-order valence-corrected chi connectivity index (χ4v) is 2.01. The Morgan fingerprint density at radius 3 is 2.71 bits per heavy atom. The number of carbonyl (C=O) groups is 1. The van der Waals surface area contributed by atoms with Crippen molar-refractivity contribution in [1.82, 2.24) is 0 Å². The SMILES string of the molecule is COc1cccc(C#N)c1NC(=O)c1ccc(Cl)c(C)c1. The lowest BCUT2D eigenvalue weighted by Gasteiger charge is -2.12. The molecule has 1 amide bonds. The molecule has 2 aromatic rings. The van der Waals surface area contributed by atoms with Crippen LogP contribution in [-0.4, -0.2) is 13.0 Å². The third-order valence-corrected chi connectivity index (χ3v) is 3.45. The summed E-state index contributed by atoms with van der Waals surface area (Å²) in [6.07, 6.45) is 0. The van der Waals surface area contributed by atoms with E-state index < -0.39 is 0 Å². The molecule has 0 aliphatic rings. The first kappa shape index (κ1) is 14.9. The Balaban J connectivity index is 2.36. The summed E-state index contributed by atoms with van der Waals surface area (Å²) in [6.45, 7) is 1.82. The molecule has 0 aromatic heterocycles. The van der Waals surface area contributed by atoms with Crippen molar-refractivity contribution in [2.24, 2.45) is 0 Å². The Morgan fingerprint density at radius 2 is 2.10 bits per heavy atom. The fraction of sp³-hybridized carbons (Fsp3) is 0.125. The van der Waals surface area contributed by atoms with Gasteiger partial charge >= 0.3 is 0 Å². The third kappa shape index (κ3) is 3.15. The van der Waals surface area contributed by atoms with E-state index in [9.17, 15) is 4.79 Å². The number of aryl methyl sites for hydroxylation is 1. The van der Waals surface area contributed by atoms with Gasteiger partial charge in [-0.1, -0.05) is 17.7 Å². The van der Waals surface area contributed by atoms with Crippen LogP contribution < -0.4 is 10.1 Å². The summed E-state index contributed by atoms with van der Waals surface area (Å²) in [5.74, 6) is 0.115. The molecule has 2 aromatic carbocycles. The minimum Gasteiger partial charge on any atom is -0.495 e. The van der Waals surface area contributed by atoms with Gasteiger partial charge < -0.3 is 10.1 Å². The molecule has 0 saturated carbocycles. The number of rotatable bonds is 3. The molecule has 4 nitrogen and oxygen atoms in total. The van der Waals surface area contributed by atoms with Gasteiger partial charge in [-0.3, -0.25) is 4.79 Å². The van der Waals surface area contributed by atoms with Crippen LogP contribution in [0.2, 0.25) is 5.02 Å². The number of hydrogen-bond donors (Lipinski definition) is 1. The summed E-state index contributed by atoms with van der Waals surface area (Å²) < 4.78 is 5.18. The molecule has 2 rings (SSSR count). The summed E-state index contributed by atoms with van der Waals surface area (Å²) in [5.41, 5.74) is 1.98. The molecule has 0 fully saturated rings. The van der Waals surface area contributed by atoms with Crippen LogP contribution in [0.1, 0.15) is 21.5 Å². The van der Waals surface area contributed by atoms with Crippen LogP contribution in [0.15, 0.2) is 36.4 Å². The highest BCUT2D eigenvalue weighted by Crippen LogP contribution is 2.28. The number of methoxy groups -OCH3 is 1. The number of nitrogens with one attached hydrogen (secondary N) is 1. The van der Waals surface area contributed by atoms with E-state index in [0.29, 0.717) is 27.6 Å². The van der Waals surface area contributed by atoms with Crippen molar-refractivity contribution < 1.29 is 9.53 Å². The largest absolute Gasteiger partial charge is 0.495 e. The number of anilines is 1. The van der Waals surface area contributed by atoms with E-state index in [1.807, 2.05) is 13.0 Å². The molecular formula is C16H13ClN2O2. The number of amides is 1. The molecule has 5 heteroatoms. The zero-order valence-corrected chi connectivity index (χ0v) is 12.4. The van der Waals surface area contributed by atoms with Crippen LogP contribution in [0.5, 0.6) is 5.75 Å². The molecule has 106 valence electrons. The average Bonchev–Trinajstić information content (AvgIpc) is 2.50. The highest BCUT2D eigenvalue weighted by atomic mass is 35.5. The van der Waals surface area contributed by atoms with E-state index in [4.69, 9.17) is 21.6 Å². The Labute approximate surface area is 127 Å². The highest BCUT2D eigenvalue weighted by Gasteiger charge is 2.14. The van der Waals surface area contributed by atoms with Gasteiger partial charge in [-0.25, -0.2) is 0 Å². The number of nitriles is 1. The molecule has 0 bridgehead atoms.